The van der Waals surface area contributed by atoms with Crippen LogP contribution in [-0.4, -0.2) is 39.3 Å². The highest BCUT2D eigenvalue weighted by molar-refractivity contribution is 7.91. The standard InChI is InChI=1S/C12H17NO5S2/c14-11(15)6-10-3-4-12(19-10)20(16,17)13-7-9-2-1-5-18-8-9/h3-4,9,13H,1-2,5-8H2,(H,14,15). The first-order chi connectivity index (χ1) is 9.47. The average Bonchev–Trinajstić information content (AvgIpc) is 2.86. The van der Waals surface area contributed by atoms with Gasteiger partial charge in [-0.2, -0.15) is 0 Å². The molecule has 8 heteroatoms. The Labute approximate surface area is 121 Å². The van der Waals surface area contributed by atoms with Crippen LogP contribution in [0.3, 0.4) is 0 Å². The molecular weight excluding hydrogens is 302 g/mol. The number of nitrogens with one attached hydrogen (secondary N) is 1. The van der Waals surface area contributed by atoms with E-state index in [0.29, 0.717) is 18.0 Å². The van der Waals surface area contributed by atoms with Gasteiger partial charge in [0.05, 0.1) is 13.0 Å². The molecular formula is C12H17NO5S2. The van der Waals surface area contributed by atoms with Crippen molar-refractivity contribution in [2.75, 3.05) is 19.8 Å². The number of ether oxygens (including phenoxy) is 1. The molecule has 0 amide bonds. The molecule has 0 aliphatic carbocycles. The summed E-state index contributed by atoms with van der Waals surface area (Å²) >= 11 is 0.992. The lowest BCUT2D eigenvalue weighted by Crippen LogP contribution is -2.32. The molecule has 2 heterocycles. The maximum absolute atomic E-state index is 12.1. The van der Waals surface area contributed by atoms with Crippen molar-refractivity contribution in [3.63, 3.8) is 0 Å². The van der Waals surface area contributed by atoms with Gasteiger partial charge in [0, 0.05) is 18.0 Å². The minimum atomic E-state index is -3.55. The molecule has 1 saturated heterocycles. The number of hydrogen-bond acceptors (Lipinski definition) is 5. The topological polar surface area (TPSA) is 92.7 Å². The summed E-state index contributed by atoms with van der Waals surface area (Å²) < 4.78 is 32.2. The molecule has 0 saturated carbocycles. The van der Waals surface area contributed by atoms with Gasteiger partial charge in [0.15, 0.2) is 0 Å². The summed E-state index contributed by atoms with van der Waals surface area (Å²) in [6.07, 6.45) is 1.75. The molecule has 0 aromatic carbocycles. The lowest BCUT2D eigenvalue weighted by Gasteiger charge is -2.21. The molecule has 1 aromatic rings. The van der Waals surface area contributed by atoms with Crippen LogP contribution in [0, 0.1) is 5.92 Å². The van der Waals surface area contributed by atoms with E-state index in [9.17, 15) is 13.2 Å². The van der Waals surface area contributed by atoms with Gasteiger partial charge < -0.3 is 9.84 Å². The molecule has 1 aliphatic rings. The molecule has 1 atom stereocenters. The van der Waals surface area contributed by atoms with Crippen molar-refractivity contribution in [1.82, 2.24) is 4.72 Å². The Bertz CT molecular complexity index is 560. The minimum Gasteiger partial charge on any atom is -0.481 e. The third-order valence-electron chi connectivity index (χ3n) is 3.04. The summed E-state index contributed by atoms with van der Waals surface area (Å²) in [5.74, 6) is -0.764. The fourth-order valence-corrected chi connectivity index (χ4v) is 4.52. The van der Waals surface area contributed by atoms with Crippen molar-refractivity contribution in [3.8, 4) is 0 Å². The van der Waals surface area contributed by atoms with Crippen molar-refractivity contribution in [3.05, 3.63) is 17.0 Å². The number of aliphatic carboxylic acids is 1. The van der Waals surface area contributed by atoms with Crippen LogP contribution in [0.25, 0.3) is 0 Å². The van der Waals surface area contributed by atoms with E-state index in [1.807, 2.05) is 0 Å². The van der Waals surface area contributed by atoms with Gasteiger partial charge in [0.25, 0.3) is 0 Å². The zero-order valence-electron chi connectivity index (χ0n) is 10.9. The Kier molecular flexibility index (Phi) is 5.14. The molecule has 1 unspecified atom stereocenters. The van der Waals surface area contributed by atoms with Crippen LogP contribution in [0.4, 0.5) is 0 Å². The van der Waals surface area contributed by atoms with Crippen LogP contribution in [0.2, 0.25) is 0 Å². The molecule has 1 aliphatic heterocycles. The fourth-order valence-electron chi connectivity index (χ4n) is 2.01. The number of carbonyl (C=O) groups is 1. The first-order valence-electron chi connectivity index (χ1n) is 6.35. The number of carboxylic acid groups (broad SMARTS) is 1. The molecule has 0 radical (unpaired) electrons. The van der Waals surface area contributed by atoms with Crippen molar-refractivity contribution in [2.45, 2.75) is 23.5 Å². The molecule has 1 aromatic heterocycles. The van der Waals surface area contributed by atoms with Crippen LogP contribution >= 0.6 is 11.3 Å². The Hall–Kier alpha value is -0.960. The van der Waals surface area contributed by atoms with Crippen LogP contribution < -0.4 is 4.72 Å². The highest BCUT2D eigenvalue weighted by atomic mass is 32.2. The molecule has 20 heavy (non-hydrogen) atoms. The smallest absolute Gasteiger partial charge is 0.308 e. The highest BCUT2D eigenvalue weighted by Crippen LogP contribution is 2.22. The Morgan fingerprint density at radius 2 is 2.30 bits per heavy atom. The maximum Gasteiger partial charge on any atom is 0.308 e. The second-order valence-corrected chi connectivity index (χ2v) is 7.89. The van der Waals surface area contributed by atoms with Gasteiger partial charge in [-0.1, -0.05) is 0 Å². The van der Waals surface area contributed by atoms with Crippen LogP contribution in [-0.2, 0) is 26.0 Å². The largest absolute Gasteiger partial charge is 0.481 e. The van der Waals surface area contributed by atoms with Gasteiger partial charge in [-0.3, -0.25) is 4.79 Å². The van der Waals surface area contributed by atoms with Gasteiger partial charge in [-0.05, 0) is 30.9 Å². The van der Waals surface area contributed by atoms with Crippen molar-refractivity contribution >= 4 is 27.3 Å². The number of rotatable bonds is 6. The van der Waals surface area contributed by atoms with Gasteiger partial charge in [-0.15, -0.1) is 11.3 Å². The summed E-state index contributed by atoms with van der Waals surface area (Å²) in [5.41, 5.74) is 0. The second-order valence-electron chi connectivity index (χ2n) is 4.73. The number of carboxylic acids is 1. The molecule has 2 rings (SSSR count). The summed E-state index contributed by atoms with van der Waals surface area (Å²) in [7, 11) is -3.55. The minimum absolute atomic E-state index is 0.156. The Balaban J connectivity index is 1.95. The van der Waals surface area contributed by atoms with Crippen LogP contribution in [0.1, 0.15) is 17.7 Å². The Morgan fingerprint density at radius 3 is 2.95 bits per heavy atom. The van der Waals surface area contributed by atoms with E-state index >= 15 is 0 Å². The lowest BCUT2D eigenvalue weighted by atomic mass is 10.0. The molecule has 1 fully saturated rings. The molecule has 2 N–H and O–H groups in total. The van der Waals surface area contributed by atoms with E-state index in [0.717, 1.165) is 30.8 Å². The van der Waals surface area contributed by atoms with E-state index < -0.39 is 16.0 Å². The zero-order chi connectivity index (χ0) is 14.6. The summed E-state index contributed by atoms with van der Waals surface area (Å²) in [5, 5.41) is 8.68. The van der Waals surface area contributed by atoms with Crippen molar-refractivity contribution in [2.24, 2.45) is 5.92 Å². The van der Waals surface area contributed by atoms with Crippen molar-refractivity contribution < 1.29 is 23.1 Å². The van der Waals surface area contributed by atoms with E-state index in [-0.39, 0.29) is 16.5 Å². The van der Waals surface area contributed by atoms with E-state index in [1.54, 1.807) is 0 Å². The molecule has 0 bridgehead atoms. The van der Waals surface area contributed by atoms with Gasteiger partial charge in [0.2, 0.25) is 10.0 Å². The zero-order valence-corrected chi connectivity index (χ0v) is 12.5. The quantitative estimate of drug-likeness (QED) is 0.818. The monoisotopic (exact) mass is 319 g/mol. The lowest BCUT2D eigenvalue weighted by molar-refractivity contribution is -0.136. The predicted molar refractivity (Wildman–Crippen MR) is 74.4 cm³/mol. The maximum atomic E-state index is 12.1. The Morgan fingerprint density at radius 1 is 1.50 bits per heavy atom. The van der Waals surface area contributed by atoms with E-state index in [1.165, 1.54) is 12.1 Å². The predicted octanol–water partition coefficient (Wildman–Crippen LogP) is 1.08. The first kappa shape index (κ1) is 15.4. The van der Waals surface area contributed by atoms with Crippen molar-refractivity contribution in [1.29, 1.82) is 0 Å². The summed E-state index contributed by atoms with van der Waals surface area (Å²) in [6.45, 7) is 1.68. The van der Waals surface area contributed by atoms with Gasteiger partial charge in [-0.25, -0.2) is 13.1 Å². The van der Waals surface area contributed by atoms with E-state index in [2.05, 4.69) is 4.72 Å². The third-order valence-corrected chi connectivity index (χ3v) is 6.04. The number of sulfonamides is 1. The summed E-state index contributed by atoms with van der Waals surface area (Å²) in [4.78, 5) is 11.1. The van der Waals surface area contributed by atoms with Gasteiger partial charge >= 0.3 is 5.97 Å². The van der Waals surface area contributed by atoms with E-state index in [4.69, 9.17) is 9.84 Å². The fraction of sp³-hybridized carbons (Fsp3) is 0.583. The first-order valence-corrected chi connectivity index (χ1v) is 8.65. The number of thiophene rings is 1. The number of hydrogen-bond donors (Lipinski definition) is 2. The highest BCUT2D eigenvalue weighted by Gasteiger charge is 2.21. The summed E-state index contributed by atoms with van der Waals surface area (Å²) in [6, 6.07) is 2.99. The molecule has 0 spiro atoms. The molecule has 112 valence electrons. The third kappa shape index (κ3) is 4.27. The van der Waals surface area contributed by atoms with Crippen LogP contribution in [0.15, 0.2) is 16.3 Å². The van der Waals surface area contributed by atoms with Gasteiger partial charge in [0.1, 0.15) is 4.21 Å². The SMILES string of the molecule is O=C(O)Cc1ccc(S(=O)(=O)NCC2CCCOC2)s1. The normalized spacial score (nSPS) is 19.9. The average molecular weight is 319 g/mol. The molecule has 6 nitrogen and oxygen atoms in total. The van der Waals surface area contributed by atoms with Crippen LogP contribution in [0.5, 0.6) is 0 Å². The second kappa shape index (κ2) is 6.66.